The number of ether oxygens (including phenoxy) is 1. The Balaban J connectivity index is 1.86. The zero-order valence-electron chi connectivity index (χ0n) is 10.6. The zero-order valence-corrected chi connectivity index (χ0v) is 10.6. The summed E-state index contributed by atoms with van der Waals surface area (Å²) in [5, 5.41) is 9.47. The van der Waals surface area contributed by atoms with E-state index < -0.39 is 0 Å². The quantitative estimate of drug-likeness (QED) is 0.873. The number of rotatable bonds is 5. The van der Waals surface area contributed by atoms with E-state index in [1.807, 2.05) is 12.1 Å². The van der Waals surface area contributed by atoms with Crippen LogP contribution < -0.4 is 0 Å². The summed E-state index contributed by atoms with van der Waals surface area (Å²) in [6, 6.07) is 6.58. The third kappa shape index (κ3) is 4.07. The summed E-state index contributed by atoms with van der Waals surface area (Å²) in [5.41, 5.74) is 1.10. The largest absolute Gasteiger partial charge is 0.396 e. The number of hydrogen-bond donors (Lipinski definition) is 1. The highest BCUT2D eigenvalue weighted by atomic mass is 19.1. The van der Waals surface area contributed by atoms with Crippen molar-refractivity contribution < 1.29 is 14.2 Å². The van der Waals surface area contributed by atoms with Crippen molar-refractivity contribution in [2.45, 2.75) is 25.7 Å². The lowest BCUT2D eigenvalue weighted by Gasteiger charge is -2.25. The molecule has 1 heterocycles. The second-order valence-electron chi connectivity index (χ2n) is 5.17. The van der Waals surface area contributed by atoms with Crippen molar-refractivity contribution in [2.24, 2.45) is 11.8 Å². The molecule has 1 unspecified atom stereocenters. The minimum Gasteiger partial charge on any atom is -0.396 e. The fourth-order valence-corrected chi connectivity index (χ4v) is 2.63. The van der Waals surface area contributed by atoms with Gasteiger partial charge in [-0.15, -0.1) is 0 Å². The van der Waals surface area contributed by atoms with Gasteiger partial charge >= 0.3 is 0 Å². The minimum atomic E-state index is -0.205. The Morgan fingerprint density at radius 1 is 1.22 bits per heavy atom. The predicted octanol–water partition coefficient (Wildman–Crippen LogP) is 2.79. The lowest BCUT2D eigenvalue weighted by molar-refractivity contribution is 0.0540. The van der Waals surface area contributed by atoms with Gasteiger partial charge in [0.1, 0.15) is 5.82 Å². The highest BCUT2D eigenvalue weighted by Gasteiger charge is 2.19. The molecule has 2 rings (SSSR count). The molecule has 1 atom stereocenters. The molecule has 1 N–H and O–H groups in total. The van der Waals surface area contributed by atoms with Crippen molar-refractivity contribution >= 4 is 0 Å². The summed E-state index contributed by atoms with van der Waals surface area (Å²) in [7, 11) is 0. The Morgan fingerprint density at radius 2 is 1.89 bits per heavy atom. The number of aliphatic hydroxyl groups is 1. The van der Waals surface area contributed by atoms with Crippen LogP contribution in [0.2, 0.25) is 0 Å². The Kier molecular flexibility index (Phi) is 5.14. The number of aliphatic hydroxyl groups excluding tert-OH is 1. The molecule has 0 amide bonds. The molecule has 2 nitrogen and oxygen atoms in total. The average molecular weight is 252 g/mol. The molecule has 3 heteroatoms. The Morgan fingerprint density at radius 3 is 2.50 bits per heavy atom. The smallest absolute Gasteiger partial charge is 0.123 e. The van der Waals surface area contributed by atoms with Crippen LogP contribution in [0, 0.1) is 17.7 Å². The highest BCUT2D eigenvalue weighted by molar-refractivity contribution is 5.16. The molecule has 100 valence electrons. The lowest BCUT2D eigenvalue weighted by Crippen LogP contribution is -2.21. The average Bonchev–Trinajstić information content (AvgIpc) is 2.41. The van der Waals surface area contributed by atoms with Crippen molar-refractivity contribution in [1.29, 1.82) is 0 Å². The SMILES string of the molecule is OCC(Cc1ccc(F)cc1)CC1CCOCC1. The molecular formula is C15H21FO2. The fourth-order valence-electron chi connectivity index (χ4n) is 2.63. The second-order valence-corrected chi connectivity index (χ2v) is 5.17. The van der Waals surface area contributed by atoms with E-state index in [2.05, 4.69) is 0 Å². The first-order valence-corrected chi connectivity index (χ1v) is 6.71. The van der Waals surface area contributed by atoms with Crippen LogP contribution in [0.4, 0.5) is 4.39 Å². The Bertz CT molecular complexity index is 344. The Labute approximate surface area is 108 Å². The minimum absolute atomic E-state index is 0.203. The first kappa shape index (κ1) is 13.5. The molecular weight excluding hydrogens is 231 g/mol. The molecule has 1 aliphatic heterocycles. The van der Waals surface area contributed by atoms with Crippen molar-refractivity contribution in [1.82, 2.24) is 0 Å². The van der Waals surface area contributed by atoms with Gasteiger partial charge in [0.15, 0.2) is 0 Å². The normalized spacial score (nSPS) is 18.8. The van der Waals surface area contributed by atoms with Gasteiger partial charge in [0, 0.05) is 19.8 Å². The third-order valence-electron chi connectivity index (χ3n) is 3.70. The van der Waals surface area contributed by atoms with Gasteiger partial charge in [0.25, 0.3) is 0 Å². The summed E-state index contributed by atoms with van der Waals surface area (Å²) in [4.78, 5) is 0. The monoisotopic (exact) mass is 252 g/mol. The standard InChI is InChI=1S/C15H21FO2/c16-15-3-1-12(2-4-15)9-14(11-17)10-13-5-7-18-8-6-13/h1-4,13-14,17H,5-11H2. The van der Waals surface area contributed by atoms with Gasteiger partial charge in [-0.3, -0.25) is 0 Å². The zero-order chi connectivity index (χ0) is 12.8. The molecule has 1 aromatic carbocycles. The van der Waals surface area contributed by atoms with Gasteiger partial charge in [-0.1, -0.05) is 12.1 Å². The topological polar surface area (TPSA) is 29.5 Å². The number of halogens is 1. The highest BCUT2D eigenvalue weighted by Crippen LogP contribution is 2.25. The maximum Gasteiger partial charge on any atom is 0.123 e. The first-order valence-electron chi connectivity index (χ1n) is 6.71. The first-order chi connectivity index (χ1) is 8.78. The van der Waals surface area contributed by atoms with E-state index in [9.17, 15) is 9.50 Å². The van der Waals surface area contributed by atoms with Crippen LogP contribution in [0.1, 0.15) is 24.8 Å². The molecule has 1 fully saturated rings. The van der Waals surface area contributed by atoms with E-state index in [0.29, 0.717) is 5.92 Å². The summed E-state index contributed by atoms with van der Waals surface area (Å²) in [6.07, 6.45) is 4.06. The molecule has 0 spiro atoms. The summed E-state index contributed by atoms with van der Waals surface area (Å²) < 4.78 is 18.2. The van der Waals surface area contributed by atoms with Crippen molar-refractivity contribution in [2.75, 3.05) is 19.8 Å². The molecule has 0 aliphatic carbocycles. The lowest BCUT2D eigenvalue weighted by atomic mass is 9.86. The second kappa shape index (κ2) is 6.86. The number of hydrogen-bond acceptors (Lipinski definition) is 2. The molecule has 0 bridgehead atoms. The van der Waals surface area contributed by atoms with Gasteiger partial charge in [-0.2, -0.15) is 0 Å². The van der Waals surface area contributed by atoms with Crippen LogP contribution >= 0.6 is 0 Å². The Hall–Kier alpha value is -0.930. The summed E-state index contributed by atoms with van der Waals surface area (Å²) in [6.45, 7) is 1.90. The van der Waals surface area contributed by atoms with Crippen LogP contribution in [0.15, 0.2) is 24.3 Å². The molecule has 1 saturated heterocycles. The molecule has 1 aromatic rings. The van der Waals surface area contributed by atoms with Gasteiger partial charge < -0.3 is 9.84 Å². The maximum atomic E-state index is 12.8. The van der Waals surface area contributed by atoms with E-state index in [-0.39, 0.29) is 18.3 Å². The predicted molar refractivity (Wildman–Crippen MR) is 68.8 cm³/mol. The van der Waals surface area contributed by atoms with Crippen molar-refractivity contribution in [3.05, 3.63) is 35.6 Å². The van der Waals surface area contributed by atoms with E-state index in [1.54, 1.807) is 0 Å². The van der Waals surface area contributed by atoms with Gasteiger partial charge in [0.2, 0.25) is 0 Å². The van der Waals surface area contributed by atoms with Crippen molar-refractivity contribution in [3.63, 3.8) is 0 Å². The van der Waals surface area contributed by atoms with E-state index >= 15 is 0 Å². The van der Waals surface area contributed by atoms with Crippen LogP contribution in [0.25, 0.3) is 0 Å². The van der Waals surface area contributed by atoms with E-state index in [4.69, 9.17) is 4.74 Å². The third-order valence-corrected chi connectivity index (χ3v) is 3.70. The van der Waals surface area contributed by atoms with Crippen LogP contribution in [-0.2, 0) is 11.2 Å². The molecule has 0 saturated carbocycles. The summed E-state index contributed by atoms with van der Waals surface area (Å²) in [5.74, 6) is 0.735. The fraction of sp³-hybridized carbons (Fsp3) is 0.600. The van der Waals surface area contributed by atoms with Gasteiger partial charge in [-0.25, -0.2) is 4.39 Å². The van der Waals surface area contributed by atoms with Crippen LogP contribution in [-0.4, -0.2) is 24.9 Å². The van der Waals surface area contributed by atoms with Gasteiger partial charge in [0.05, 0.1) is 0 Å². The van der Waals surface area contributed by atoms with Crippen molar-refractivity contribution in [3.8, 4) is 0 Å². The molecule has 0 radical (unpaired) electrons. The molecule has 18 heavy (non-hydrogen) atoms. The van der Waals surface area contributed by atoms with Gasteiger partial charge in [-0.05, 0) is 55.2 Å². The maximum absolute atomic E-state index is 12.8. The van der Waals surface area contributed by atoms with E-state index in [0.717, 1.165) is 44.5 Å². The summed E-state index contributed by atoms with van der Waals surface area (Å²) >= 11 is 0. The van der Waals surface area contributed by atoms with E-state index in [1.165, 1.54) is 12.1 Å². The van der Waals surface area contributed by atoms with Crippen LogP contribution in [0.3, 0.4) is 0 Å². The number of benzene rings is 1. The molecule has 0 aromatic heterocycles. The van der Waals surface area contributed by atoms with Crippen LogP contribution in [0.5, 0.6) is 0 Å². The molecule has 1 aliphatic rings.